The lowest BCUT2D eigenvalue weighted by Gasteiger charge is -2.27. The van der Waals surface area contributed by atoms with Crippen molar-refractivity contribution in [2.45, 2.75) is 51.0 Å². The van der Waals surface area contributed by atoms with E-state index in [1.54, 1.807) is 0 Å². The number of nitrogens with one attached hydrogen (secondary N) is 2. The zero-order valence-electron chi connectivity index (χ0n) is 19.9. The summed E-state index contributed by atoms with van der Waals surface area (Å²) in [6.07, 6.45) is 4.85. The van der Waals surface area contributed by atoms with Crippen LogP contribution in [0.5, 0.6) is 0 Å². The standard InChI is InChI=1S/C25H39N5O3/c1-29-14-8-16-30(18-17-29)15-7-13-27-22(31)21(19-20-9-3-2-4-10-20)28-24(33)25(23(26)32)11-5-6-12-25/h2-4,9-10,21H,5-8,11-19H2,1H3,(H2,26,32)(H,27,31)(H,28,33)/t21-/m1/s1. The van der Waals surface area contributed by atoms with Gasteiger partial charge in [0.25, 0.3) is 0 Å². The van der Waals surface area contributed by atoms with Crippen molar-refractivity contribution < 1.29 is 14.4 Å². The van der Waals surface area contributed by atoms with Crippen molar-refractivity contribution in [3.8, 4) is 0 Å². The average molecular weight is 458 g/mol. The van der Waals surface area contributed by atoms with Crippen LogP contribution in [0.1, 0.15) is 44.1 Å². The first-order valence-electron chi connectivity index (χ1n) is 12.2. The molecule has 0 radical (unpaired) electrons. The molecule has 33 heavy (non-hydrogen) atoms. The molecule has 3 rings (SSSR count). The Hall–Kier alpha value is -2.45. The predicted octanol–water partition coefficient (Wildman–Crippen LogP) is 0.903. The van der Waals surface area contributed by atoms with E-state index in [0.29, 0.717) is 25.8 Å². The fourth-order valence-electron chi connectivity index (χ4n) is 4.88. The van der Waals surface area contributed by atoms with Crippen molar-refractivity contribution in [3.05, 3.63) is 35.9 Å². The molecule has 8 nitrogen and oxygen atoms in total. The zero-order chi connectivity index (χ0) is 23.7. The lowest BCUT2D eigenvalue weighted by atomic mass is 9.84. The van der Waals surface area contributed by atoms with Gasteiger partial charge in [-0.2, -0.15) is 0 Å². The van der Waals surface area contributed by atoms with Gasteiger partial charge in [0.1, 0.15) is 11.5 Å². The second-order valence-corrected chi connectivity index (χ2v) is 9.51. The van der Waals surface area contributed by atoms with E-state index >= 15 is 0 Å². The number of rotatable bonds is 10. The molecule has 1 saturated heterocycles. The molecule has 0 unspecified atom stereocenters. The van der Waals surface area contributed by atoms with E-state index < -0.39 is 23.3 Å². The fourth-order valence-corrected chi connectivity index (χ4v) is 4.88. The summed E-state index contributed by atoms with van der Waals surface area (Å²) >= 11 is 0. The van der Waals surface area contributed by atoms with Gasteiger partial charge < -0.3 is 26.2 Å². The highest BCUT2D eigenvalue weighted by molar-refractivity contribution is 6.05. The molecule has 8 heteroatoms. The van der Waals surface area contributed by atoms with Crippen LogP contribution >= 0.6 is 0 Å². The second-order valence-electron chi connectivity index (χ2n) is 9.51. The number of carbonyl (C=O) groups is 3. The van der Waals surface area contributed by atoms with E-state index in [4.69, 9.17) is 5.73 Å². The number of carbonyl (C=O) groups excluding carboxylic acids is 3. The number of likely N-dealkylation sites (N-methyl/N-ethyl adjacent to an activating group) is 1. The minimum absolute atomic E-state index is 0.222. The SMILES string of the molecule is CN1CCCN(CCCNC(=O)[C@@H](Cc2ccccc2)NC(=O)C2(C(N)=O)CCCC2)CC1. The fraction of sp³-hybridized carbons (Fsp3) is 0.640. The van der Waals surface area contributed by atoms with Gasteiger partial charge in [-0.1, -0.05) is 43.2 Å². The van der Waals surface area contributed by atoms with Gasteiger partial charge >= 0.3 is 0 Å². The topological polar surface area (TPSA) is 108 Å². The molecule has 1 atom stereocenters. The maximum atomic E-state index is 13.1. The molecule has 2 fully saturated rings. The summed E-state index contributed by atoms with van der Waals surface area (Å²) in [6.45, 7) is 5.81. The average Bonchev–Trinajstić information content (AvgIpc) is 3.23. The molecule has 0 spiro atoms. The third-order valence-corrected chi connectivity index (χ3v) is 7.03. The van der Waals surface area contributed by atoms with Crippen LogP contribution in [0.3, 0.4) is 0 Å². The van der Waals surface area contributed by atoms with E-state index in [0.717, 1.165) is 64.0 Å². The Labute approximate surface area is 197 Å². The third-order valence-electron chi connectivity index (χ3n) is 7.03. The van der Waals surface area contributed by atoms with Crippen molar-refractivity contribution in [3.63, 3.8) is 0 Å². The summed E-state index contributed by atoms with van der Waals surface area (Å²) in [4.78, 5) is 43.1. The number of nitrogens with zero attached hydrogens (tertiary/aromatic N) is 2. The molecule has 2 aliphatic rings. The Morgan fingerprint density at radius 2 is 1.76 bits per heavy atom. The molecule has 3 amide bonds. The molecule has 1 saturated carbocycles. The maximum Gasteiger partial charge on any atom is 0.242 e. The third kappa shape index (κ3) is 7.01. The molecule has 1 aromatic carbocycles. The second kappa shape index (κ2) is 12.1. The summed E-state index contributed by atoms with van der Waals surface area (Å²) in [6, 6.07) is 8.85. The lowest BCUT2D eigenvalue weighted by Crippen LogP contribution is -2.55. The molecule has 1 aromatic rings. The van der Waals surface area contributed by atoms with Crippen LogP contribution in [0.15, 0.2) is 30.3 Å². The van der Waals surface area contributed by atoms with Gasteiger partial charge in [-0.25, -0.2) is 0 Å². The van der Waals surface area contributed by atoms with Gasteiger partial charge in [0.15, 0.2) is 0 Å². The molecule has 0 bridgehead atoms. The van der Waals surface area contributed by atoms with Crippen molar-refractivity contribution in [2.24, 2.45) is 11.1 Å². The van der Waals surface area contributed by atoms with Crippen LogP contribution < -0.4 is 16.4 Å². The Kier molecular flexibility index (Phi) is 9.26. The van der Waals surface area contributed by atoms with Crippen molar-refractivity contribution >= 4 is 17.7 Å². The molecular weight excluding hydrogens is 418 g/mol. The normalized spacial score (nSPS) is 20.0. The largest absolute Gasteiger partial charge is 0.369 e. The van der Waals surface area contributed by atoms with Crippen molar-refractivity contribution in [1.82, 2.24) is 20.4 Å². The van der Waals surface area contributed by atoms with Gasteiger partial charge in [0.05, 0.1) is 0 Å². The van der Waals surface area contributed by atoms with Gasteiger partial charge in [-0.05, 0) is 57.9 Å². The first-order valence-corrected chi connectivity index (χ1v) is 12.2. The van der Waals surface area contributed by atoms with Crippen LogP contribution in [0.2, 0.25) is 0 Å². The highest BCUT2D eigenvalue weighted by Crippen LogP contribution is 2.38. The molecule has 182 valence electrons. The van der Waals surface area contributed by atoms with Crippen molar-refractivity contribution in [2.75, 3.05) is 46.3 Å². The molecule has 0 aromatic heterocycles. The van der Waals surface area contributed by atoms with E-state index in [1.807, 2.05) is 30.3 Å². The quantitative estimate of drug-likeness (QED) is 0.357. The maximum absolute atomic E-state index is 13.1. The van der Waals surface area contributed by atoms with Gasteiger partial charge in [-0.3, -0.25) is 14.4 Å². The number of nitrogens with two attached hydrogens (primary N) is 1. The number of benzene rings is 1. The smallest absolute Gasteiger partial charge is 0.242 e. The first kappa shape index (κ1) is 25.2. The van der Waals surface area contributed by atoms with Crippen LogP contribution in [-0.4, -0.2) is 79.9 Å². The highest BCUT2D eigenvalue weighted by Gasteiger charge is 2.47. The summed E-state index contributed by atoms with van der Waals surface area (Å²) in [5.74, 6) is -1.24. The Morgan fingerprint density at radius 3 is 2.45 bits per heavy atom. The molecular formula is C25H39N5O3. The van der Waals surface area contributed by atoms with Crippen LogP contribution in [0.4, 0.5) is 0 Å². The summed E-state index contributed by atoms with van der Waals surface area (Å²) in [7, 11) is 2.15. The van der Waals surface area contributed by atoms with Gasteiger partial charge in [0.2, 0.25) is 17.7 Å². The van der Waals surface area contributed by atoms with E-state index in [2.05, 4.69) is 27.5 Å². The Morgan fingerprint density at radius 1 is 1.03 bits per heavy atom. The minimum atomic E-state index is -1.20. The Balaban J connectivity index is 1.57. The molecule has 1 heterocycles. The number of amides is 3. The summed E-state index contributed by atoms with van der Waals surface area (Å²) < 4.78 is 0. The number of hydrogen-bond donors (Lipinski definition) is 3. The minimum Gasteiger partial charge on any atom is -0.369 e. The molecule has 4 N–H and O–H groups in total. The number of primary amides is 1. The van der Waals surface area contributed by atoms with Gasteiger partial charge in [-0.15, -0.1) is 0 Å². The highest BCUT2D eigenvalue weighted by atomic mass is 16.2. The number of hydrogen-bond acceptors (Lipinski definition) is 5. The predicted molar refractivity (Wildman–Crippen MR) is 128 cm³/mol. The monoisotopic (exact) mass is 457 g/mol. The summed E-state index contributed by atoms with van der Waals surface area (Å²) in [5, 5.41) is 5.86. The zero-order valence-corrected chi connectivity index (χ0v) is 19.9. The summed E-state index contributed by atoms with van der Waals surface area (Å²) in [5.41, 5.74) is 5.37. The van der Waals surface area contributed by atoms with E-state index in [-0.39, 0.29) is 5.91 Å². The van der Waals surface area contributed by atoms with E-state index in [1.165, 1.54) is 0 Å². The molecule has 1 aliphatic heterocycles. The van der Waals surface area contributed by atoms with E-state index in [9.17, 15) is 14.4 Å². The van der Waals surface area contributed by atoms with Crippen LogP contribution in [-0.2, 0) is 20.8 Å². The lowest BCUT2D eigenvalue weighted by molar-refractivity contribution is -0.143. The first-order chi connectivity index (χ1) is 15.9. The van der Waals surface area contributed by atoms with Gasteiger partial charge in [0, 0.05) is 26.1 Å². The van der Waals surface area contributed by atoms with Crippen molar-refractivity contribution in [1.29, 1.82) is 0 Å². The Bertz CT molecular complexity index is 794. The van der Waals surface area contributed by atoms with Crippen LogP contribution in [0.25, 0.3) is 0 Å². The molecule has 1 aliphatic carbocycles. The van der Waals surface area contributed by atoms with Crippen LogP contribution in [0, 0.1) is 5.41 Å².